The molecule has 0 amide bonds. The van der Waals surface area contributed by atoms with Gasteiger partial charge in [-0.2, -0.15) is 0 Å². The van der Waals surface area contributed by atoms with E-state index < -0.39 is 0 Å². The maximum absolute atomic E-state index is 2.59. The van der Waals surface area contributed by atoms with Gasteiger partial charge >= 0.3 is 0 Å². The quantitative estimate of drug-likeness (QED) is 0.235. The second-order valence-corrected chi connectivity index (χ2v) is 9.51. The third-order valence-electron chi connectivity index (χ3n) is 7.86. The van der Waals surface area contributed by atoms with Gasteiger partial charge in [-0.15, -0.1) is 0 Å². The molecule has 0 aliphatic carbocycles. The summed E-state index contributed by atoms with van der Waals surface area (Å²) in [5.41, 5.74) is 5.52. The Morgan fingerprint density at radius 3 is 1.25 bits per heavy atom. The minimum Gasteiger partial charge on any atom is -0.340 e. The highest BCUT2D eigenvalue weighted by Gasteiger charge is 2.18. The molecule has 3 aromatic carbocycles. The molecule has 0 N–H and O–H groups in total. The minimum absolute atomic E-state index is 0.709. The molecule has 32 heavy (non-hydrogen) atoms. The fourth-order valence-corrected chi connectivity index (χ4v) is 5.59. The summed E-state index contributed by atoms with van der Waals surface area (Å²) < 4.78 is 5.18. The Morgan fingerprint density at radius 1 is 0.500 bits per heavy atom. The number of benzene rings is 3. The Balaban J connectivity index is 1.84. The number of hydrogen-bond donors (Lipinski definition) is 0. The molecule has 2 heterocycles. The van der Waals surface area contributed by atoms with Crippen LogP contribution in [-0.4, -0.2) is 9.13 Å². The van der Waals surface area contributed by atoms with Crippen molar-refractivity contribution >= 4 is 43.6 Å². The van der Waals surface area contributed by atoms with Crippen molar-refractivity contribution in [3.63, 3.8) is 0 Å². The van der Waals surface area contributed by atoms with Gasteiger partial charge in [0.2, 0.25) is 0 Å². The average Bonchev–Trinajstić information content (AvgIpc) is 3.31. The Hall–Kier alpha value is -2.74. The molecule has 0 aliphatic heterocycles. The minimum atomic E-state index is 0.709. The molecular weight excluding hydrogens is 388 g/mol. The van der Waals surface area contributed by atoms with Crippen LogP contribution in [0.4, 0.5) is 0 Å². The SMILES string of the molecule is CCC(CC)Cn1c2ccccc2c2cc3c(cc21)c1ccccc1n3CC(CC)CC. The second-order valence-electron chi connectivity index (χ2n) is 9.51. The van der Waals surface area contributed by atoms with Gasteiger partial charge in [-0.25, -0.2) is 0 Å². The zero-order valence-electron chi connectivity index (χ0n) is 20.1. The van der Waals surface area contributed by atoms with Gasteiger partial charge in [-0.3, -0.25) is 0 Å². The highest BCUT2D eigenvalue weighted by Crippen LogP contribution is 2.38. The predicted octanol–water partition coefficient (Wildman–Crippen LogP) is 8.77. The summed E-state index contributed by atoms with van der Waals surface area (Å²) in [6.45, 7) is 11.5. The first-order valence-corrected chi connectivity index (χ1v) is 12.6. The van der Waals surface area contributed by atoms with Gasteiger partial charge < -0.3 is 9.13 Å². The summed E-state index contributed by atoms with van der Waals surface area (Å²) in [7, 11) is 0. The molecule has 0 aliphatic rings. The first-order chi connectivity index (χ1) is 15.7. The van der Waals surface area contributed by atoms with Crippen LogP contribution in [0, 0.1) is 11.8 Å². The zero-order valence-corrected chi connectivity index (χ0v) is 20.1. The van der Waals surface area contributed by atoms with Gasteiger partial charge in [0, 0.05) is 56.7 Å². The molecule has 0 saturated heterocycles. The van der Waals surface area contributed by atoms with Crippen molar-refractivity contribution < 1.29 is 0 Å². The molecule has 0 radical (unpaired) electrons. The van der Waals surface area contributed by atoms with E-state index in [0.717, 1.165) is 13.1 Å². The van der Waals surface area contributed by atoms with Gasteiger partial charge in [0.15, 0.2) is 0 Å². The van der Waals surface area contributed by atoms with E-state index in [4.69, 9.17) is 0 Å². The summed E-state index contributed by atoms with van der Waals surface area (Å²) in [5, 5.41) is 5.56. The lowest BCUT2D eigenvalue weighted by Crippen LogP contribution is -2.09. The maximum atomic E-state index is 2.59. The van der Waals surface area contributed by atoms with Gasteiger partial charge in [-0.05, 0) is 36.1 Å². The van der Waals surface area contributed by atoms with Crippen LogP contribution in [0.15, 0.2) is 60.7 Å². The number of rotatable bonds is 8. The molecule has 2 heteroatoms. The molecule has 2 aromatic heterocycles. The second kappa shape index (κ2) is 8.65. The van der Waals surface area contributed by atoms with Crippen molar-refractivity contribution in [2.24, 2.45) is 11.8 Å². The van der Waals surface area contributed by atoms with E-state index in [1.165, 1.54) is 69.3 Å². The van der Waals surface area contributed by atoms with E-state index >= 15 is 0 Å². The maximum Gasteiger partial charge on any atom is 0.0499 e. The Kier molecular flexibility index (Phi) is 5.71. The Labute approximate surface area is 191 Å². The van der Waals surface area contributed by atoms with E-state index in [0.29, 0.717) is 11.8 Å². The van der Waals surface area contributed by atoms with Crippen molar-refractivity contribution in [3.8, 4) is 0 Å². The van der Waals surface area contributed by atoms with E-state index in [1.807, 2.05) is 0 Å². The summed E-state index contributed by atoms with van der Waals surface area (Å²) in [4.78, 5) is 0. The van der Waals surface area contributed by atoms with Crippen molar-refractivity contribution in [1.82, 2.24) is 9.13 Å². The molecular formula is C30H36N2. The van der Waals surface area contributed by atoms with E-state index in [9.17, 15) is 0 Å². The number of fused-ring (bicyclic) bond motifs is 6. The summed E-state index contributed by atoms with van der Waals surface area (Å²) >= 11 is 0. The third-order valence-corrected chi connectivity index (χ3v) is 7.86. The molecule has 2 nitrogen and oxygen atoms in total. The zero-order chi connectivity index (χ0) is 22.2. The number of hydrogen-bond acceptors (Lipinski definition) is 0. The number of aromatic nitrogens is 2. The van der Waals surface area contributed by atoms with Crippen molar-refractivity contribution in [1.29, 1.82) is 0 Å². The van der Waals surface area contributed by atoms with Gasteiger partial charge in [-0.1, -0.05) is 89.8 Å². The highest BCUT2D eigenvalue weighted by molar-refractivity contribution is 6.17. The van der Waals surface area contributed by atoms with Crippen LogP contribution in [0.5, 0.6) is 0 Å². The molecule has 0 spiro atoms. The van der Waals surface area contributed by atoms with Crippen LogP contribution >= 0.6 is 0 Å². The van der Waals surface area contributed by atoms with Crippen LogP contribution in [0.1, 0.15) is 53.4 Å². The molecule has 5 aromatic rings. The lowest BCUT2D eigenvalue weighted by molar-refractivity contribution is 0.430. The van der Waals surface area contributed by atoms with Crippen LogP contribution in [0.25, 0.3) is 43.6 Å². The molecule has 0 unspecified atom stereocenters. The van der Waals surface area contributed by atoms with Gasteiger partial charge in [0.05, 0.1) is 0 Å². The van der Waals surface area contributed by atoms with Crippen molar-refractivity contribution in [2.45, 2.75) is 66.5 Å². The molecule has 0 bridgehead atoms. The topological polar surface area (TPSA) is 9.86 Å². The standard InChI is InChI=1S/C30H36N2/c1-5-21(6-2)19-31-27-15-11-9-13-23(27)25-18-30-26(17-29(25)31)24-14-10-12-16-28(24)32(30)20-22(7-3)8-4/h9-18,21-22H,5-8,19-20H2,1-4H3. The number of para-hydroxylation sites is 2. The lowest BCUT2D eigenvalue weighted by Gasteiger charge is -2.16. The summed E-state index contributed by atoms with van der Waals surface area (Å²) in [5.74, 6) is 1.42. The lowest BCUT2D eigenvalue weighted by atomic mass is 10.0. The fraction of sp³-hybridized carbons (Fsp3) is 0.400. The monoisotopic (exact) mass is 424 g/mol. The number of nitrogens with zero attached hydrogens (tertiary/aromatic N) is 2. The fourth-order valence-electron chi connectivity index (χ4n) is 5.59. The van der Waals surface area contributed by atoms with Crippen molar-refractivity contribution in [3.05, 3.63) is 60.7 Å². The van der Waals surface area contributed by atoms with Crippen LogP contribution < -0.4 is 0 Å². The molecule has 166 valence electrons. The molecule has 5 rings (SSSR count). The average molecular weight is 425 g/mol. The van der Waals surface area contributed by atoms with Crippen LogP contribution in [-0.2, 0) is 13.1 Å². The summed E-state index contributed by atoms with van der Waals surface area (Å²) in [6, 6.07) is 22.9. The molecule has 0 atom stereocenters. The van der Waals surface area contributed by atoms with Crippen LogP contribution in [0.3, 0.4) is 0 Å². The largest absolute Gasteiger partial charge is 0.340 e. The summed E-state index contributed by atoms with van der Waals surface area (Å²) in [6.07, 6.45) is 4.89. The Morgan fingerprint density at radius 2 is 0.875 bits per heavy atom. The first-order valence-electron chi connectivity index (χ1n) is 12.6. The Bertz CT molecular complexity index is 1270. The van der Waals surface area contributed by atoms with Crippen LogP contribution in [0.2, 0.25) is 0 Å². The van der Waals surface area contributed by atoms with E-state index in [-0.39, 0.29) is 0 Å². The van der Waals surface area contributed by atoms with Gasteiger partial charge in [0.1, 0.15) is 0 Å². The smallest absolute Gasteiger partial charge is 0.0499 e. The van der Waals surface area contributed by atoms with E-state index in [2.05, 4.69) is 97.5 Å². The van der Waals surface area contributed by atoms with Crippen molar-refractivity contribution in [2.75, 3.05) is 0 Å². The molecule has 0 saturated carbocycles. The first kappa shape index (κ1) is 21.1. The molecule has 0 fully saturated rings. The third kappa shape index (κ3) is 3.32. The predicted molar refractivity (Wildman–Crippen MR) is 141 cm³/mol. The van der Waals surface area contributed by atoms with E-state index in [1.54, 1.807) is 0 Å². The van der Waals surface area contributed by atoms with Gasteiger partial charge in [0.25, 0.3) is 0 Å². The highest BCUT2D eigenvalue weighted by atomic mass is 15.0. The normalized spacial score (nSPS) is 12.4.